The zero-order chi connectivity index (χ0) is 14.5. The van der Waals surface area contributed by atoms with Crippen molar-refractivity contribution in [3.8, 4) is 0 Å². The van der Waals surface area contributed by atoms with E-state index in [1.807, 2.05) is 0 Å². The molecule has 2 atom stereocenters. The summed E-state index contributed by atoms with van der Waals surface area (Å²) in [6, 6.07) is 0. The van der Waals surface area contributed by atoms with Gasteiger partial charge in [-0.15, -0.1) is 6.58 Å². The quantitative estimate of drug-likeness (QED) is 0.836. The number of aromatic nitrogens is 2. The second kappa shape index (κ2) is 7.07. The fraction of sp³-hybridized carbons (Fsp3) is 0.600. The molecule has 1 N–H and O–H groups in total. The summed E-state index contributed by atoms with van der Waals surface area (Å²) in [6.45, 7) is 7.28. The van der Waals surface area contributed by atoms with Crippen LogP contribution in [0, 0.1) is 11.8 Å². The molecule has 1 aliphatic rings. The lowest BCUT2D eigenvalue weighted by Crippen LogP contribution is -2.27. The normalized spacial score (nSPS) is 22.5. The maximum absolute atomic E-state index is 12.1. The van der Waals surface area contributed by atoms with Crippen molar-refractivity contribution in [3.05, 3.63) is 33.7 Å². The summed E-state index contributed by atoms with van der Waals surface area (Å²) in [7, 11) is 0. The molecule has 1 saturated carbocycles. The number of nitrogens with one attached hydrogen (secondary N) is 1. The van der Waals surface area contributed by atoms with Gasteiger partial charge in [-0.25, -0.2) is 4.68 Å². The average Bonchev–Trinajstić information content (AvgIpc) is 2.45. The van der Waals surface area contributed by atoms with Gasteiger partial charge >= 0.3 is 0 Å². The van der Waals surface area contributed by atoms with Crippen molar-refractivity contribution in [1.29, 1.82) is 0 Å². The Labute approximate surface area is 128 Å². The first-order valence-electron chi connectivity index (χ1n) is 7.24. The minimum absolute atomic E-state index is 0.119. The van der Waals surface area contributed by atoms with Crippen molar-refractivity contribution < 1.29 is 0 Å². The van der Waals surface area contributed by atoms with E-state index in [9.17, 15) is 4.79 Å². The van der Waals surface area contributed by atoms with Gasteiger partial charge in [-0.2, -0.15) is 5.10 Å². The predicted octanol–water partition coefficient (Wildman–Crippen LogP) is 3.43. The maximum Gasteiger partial charge on any atom is 0.283 e. The first kappa shape index (κ1) is 15.3. The number of rotatable bonds is 5. The standard InChI is InChI=1S/C15H22BrN3O/c1-3-8-19-15(20)14(16)13(10-18-19)17-9-12-7-5-4-6-11(12)2/h3,10-12,17H,1,4-9H2,2H3. The van der Waals surface area contributed by atoms with Crippen LogP contribution in [0.25, 0.3) is 0 Å². The van der Waals surface area contributed by atoms with Gasteiger partial charge in [0.25, 0.3) is 5.56 Å². The van der Waals surface area contributed by atoms with Crippen molar-refractivity contribution in [2.45, 2.75) is 39.2 Å². The third kappa shape index (κ3) is 3.51. The maximum atomic E-state index is 12.1. The highest BCUT2D eigenvalue weighted by molar-refractivity contribution is 9.10. The summed E-state index contributed by atoms with van der Waals surface area (Å²) in [6.07, 6.45) is 8.62. The third-order valence-corrected chi connectivity index (χ3v) is 4.90. The van der Waals surface area contributed by atoms with E-state index in [-0.39, 0.29) is 5.56 Å². The van der Waals surface area contributed by atoms with Gasteiger partial charge in [-0.1, -0.05) is 32.3 Å². The van der Waals surface area contributed by atoms with Gasteiger partial charge in [0, 0.05) is 6.54 Å². The van der Waals surface area contributed by atoms with E-state index in [4.69, 9.17) is 0 Å². The molecule has 2 unspecified atom stereocenters. The van der Waals surface area contributed by atoms with Crippen LogP contribution in [-0.4, -0.2) is 16.3 Å². The summed E-state index contributed by atoms with van der Waals surface area (Å²) in [4.78, 5) is 12.1. The van der Waals surface area contributed by atoms with Crippen molar-refractivity contribution >= 4 is 21.6 Å². The average molecular weight is 340 g/mol. The van der Waals surface area contributed by atoms with E-state index in [1.54, 1.807) is 12.3 Å². The van der Waals surface area contributed by atoms with Crippen molar-refractivity contribution in [2.24, 2.45) is 11.8 Å². The molecule has 110 valence electrons. The second-order valence-corrected chi connectivity index (χ2v) is 6.34. The summed E-state index contributed by atoms with van der Waals surface area (Å²) in [5, 5.41) is 7.53. The van der Waals surface area contributed by atoms with Gasteiger partial charge in [-0.3, -0.25) is 4.79 Å². The number of anilines is 1. The molecule has 0 amide bonds. The molecule has 1 heterocycles. The molecule has 4 nitrogen and oxygen atoms in total. The van der Waals surface area contributed by atoms with E-state index in [0.29, 0.717) is 16.9 Å². The van der Waals surface area contributed by atoms with Crippen LogP contribution in [0.4, 0.5) is 5.69 Å². The number of allylic oxidation sites excluding steroid dienone is 1. The zero-order valence-electron chi connectivity index (χ0n) is 11.9. The van der Waals surface area contributed by atoms with Crippen LogP contribution in [0.15, 0.2) is 28.1 Å². The van der Waals surface area contributed by atoms with Crippen molar-refractivity contribution in [2.75, 3.05) is 11.9 Å². The molecule has 2 rings (SSSR count). The highest BCUT2D eigenvalue weighted by Crippen LogP contribution is 2.30. The molecule has 5 heteroatoms. The Hall–Kier alpha value is -1.10. The molecular weight excluding hydrogens is 318 g/mol. The van der Waals surface area contributed by atoms with E-state index in [0.717, 1.165) is 18.2 Å². The number of hydrogen-bond donors (Lipinski definition) is 1. The Morgan fingerprint density at radius 3 is 3.00 bits per heavy atom. The van der Waals surface area contributed by atoms with Crippen LogP contribution >= 0.6 is 15.9 Å². The van der Waals surface area contributed by atoms with Crippen molar-refractivity contribution in [3.63, 3.8) is 0 Å². The first-order chi connectivity index (χ1) is 9.63. The Morgan fingerprint density at radius 1 is 1.55 bits per heavy atom. The van der Waals surface area contributed by atoms with E-state index in [1.165, 1.54) is 30.4 Å². The Kier molecular flexibility index (Phi) is 5.40. The van der Waals surface area contributed by atoms with E-state index in [2.05, 4.69) is 39.8 Å². The monoisotopic (exact) mass is 339 g/mol. The van der Waals surface area contributed by atoms with Gasteiger partial charge in [0.1, 0.15) is 4.47 Å². The Morgan fingerprint density at radius 2 is 2.30 bits per heavy atom. The third-order valence-electron chi connectivity index (χ3n) is 4.13. The molecule has 0 aromatic carbocycles. The second-order valence-electron chi connectivity index (χ2n) is 5.55. The molecule has 0 saturated heterocycles. The van der Waals surface area contributed by atoms with Crippen LogP contribution in [0.1, 0.15) is 32.6 Å². The van der Waals surface area contributed by atoms with Gasteiger partial charge in [0.05, 0.1) is 18.4 Å². The molecule has 1 fully saturated rings. The molecule has 0 radical (unpaired) electrons. The number of nitrogens with zero attached hydrogens (tertiary/aromatic N) is 2. The van der Waals surface area contributed by atoms with Gasteiger partial charge in [0.15, 0.2) is 0 Å². The molecule has 1 aromatic rings. The number of halogens is 1. The highest BCUT2D eigenvalue weighted by atomic mass is 79.9. The fourth-order valence-electron chi connectivity index (χ4n) is 2.78. The summed E-state index contributed by atoms with van der Waals surface area (Å²) < 4.78 is 1.95. The smallest absolute Gasteiger partial charge is 0.283 e. The number of hydrogen-bond acceptors (Lipinski definition) is 3. The molecule has 0 spiro atoms. The SMILES string of the molecule is C=CCn1ncc(NCC2CCCCC2C)c(Br)c1=O. The van der Waals surface area contributed by atoms with Gasteiger partial charge in [-0.05, 0) is 34.2 Å². The van der Waals surface area contributed by atoms with Gasteiger partial charge in [0.2, 0.25) is 0 Å². The lowest BCUT2D eigenvalue weighted by molar-refractivity contribution is 0.268. The fourth-order valence-corrected chi connectivity index (χ4v) is 3.23. The first-order valence-corrected chi connectivity index (χ1v) is 8.03. The highest BCUT2D eigenvalue weighted by Gasteiger charge is 2.21. The largest absolute Gasteiger partial charge is 0.382 e. The minimum atomic E-state index is -0.119. The topological polar surface area (TPSA) is 46.9 Å². The van der Waals surface area contributed by atoms with Crippen molar-refractivity contribution in [1.82, 2.24) is 9.78 Å². The lowest BCUT2D eigenvalue weighted by Gasteiger charge is -2.29. The summed E-state index contributed by atoms with van der Waals surface area (Å²) in [5.41, 5.74) is 0.666. The van der Waals surface area contributed by atoms with Crippen LogP contribution in [0.5, 0.6) is 0 Å². The molecular formula is C15H22BrN3O. The molecule has 1 aromatic heterocycles. The summed E-state index contributed by atoms with van der Waals surface area (Å²) >= 11 is 3.37. The lowest BCUT2D eigenvalue weighted by atomic mass is 9.80. The zero-order valence-corrected chi connectivity index (χ0v) is 13.5. The van der Waals surface area contributed by atoms with E-state index < -0.39 is 0 Å². The van der Waals surface area contributed by atoms with Crippen LogP contribution in [-0.2, 0) is 6.54 Å². The van der Waals surface area contributed by atoms with E-state index >= 15 is 0 Å². The molecule has 1 aliphatic carbocycles. The van der Waals surface area contributed by atoms with Gasteiger partial charge < -0.3 is 5.32 Å². The van der Waals surface area contributed by atoms with Crippen LogP contribution < -0.4 is 10.9 Å². The molecule has 20 heavy (non-hydrogen) atoms. The molecule has 0 aliphatic heterocycles. The molecule has 0 bridgehead atoms. The van der Waals surface area contributed by atoms with Crippen LogP contribution in [0.3, 0.4) is 0 Å². The van der Waals surface area contributed by atoms with Crippen LogP contribution in [0.2, 0.25) is 0 Å². The Bertz CT molecular complexity index is 526. The minimum Gasteiger partial charge on any atom is -0.382 e. The predicted molar refractivity (Wildman–Crippen MR) is 86.0 cm³/mol. The summed E-state index contributed by atoms with van der Waals surface area (Å²) in [5.74, 6) is 1.44. The Balaban J connectivity index is 2.04.